The van der Waals surface area contributed by atoms with Crippen LogP contribution in [0.3, 0.4) is 0 Å². The van der Waals surface area contributed by atoms with Crippen LogP contribution in [0.5, 0.6) is 5.75 Å². The summed E-state index contributed by atoms with van der Waals surface area (Å²) in [4.78, 5) is 10.6. The van der Waals surface area contributed by atoms with Crippen molar-refractivity contribution in [3.8, 4) is 5.75 Å². The molecule has 0 bridgehead atoms. The molecule has 0 saturated heterocycles. The number of carbonyl (C=O) groups is 1. The van der Waals surface area contributed by atoms with Crippen molar-refractivity contribution in [2.24, 2.45) is 11.5 Å². The molecule has 1 atom stereocenters. The Hall–Kier alpha value is -1.55. The van der Waals surface area contributed by atoms with Gasteiger partial charge in [-0.3, -0.25) is 4.79 Å². The maximum Gasteiger partial charge on any atom is 0.217 e. The molecule has 1 rings (SSSR count). The minimum absolute atomic E-state index is 0.0355. The van der Waals surface area contributed by atoms with Gasteiger partial charge in [-0.15, -0.1) is 0 Å². The van der Waals surface area contributed by atoms with Crippen molar-refractivity contribution >= 4 is 5.91 Å². The molecule has 0 spiro atoms. The number of amides is 1. The van der Waals surface area contributed by atoms with Crippen LogP contribution in [0.25, 0.3) is 0 Å². The van der Waals surface area contributed by atoms with E-state index in [2.05, 4.69) is 0 Å². The van der Waals surface area contributed by atoms with Crippen LogP contribution in [-0.2, 0) is 4.79 Å². The predicted molar refractivity (Wildman–Crippen MR) is 72.3 cm³/mol. The van der Waals surface area contributed by atoms with Crippen LogP contribution in [0.2, 0.25) is 0 Å². The van der Waals surface area contributed by atoms with Crippen LogP contribution in [0.4, 0.5) is 0 Å². The SMILES string of the molecule is Cc1cc([C@@H](C)N)ccc1OCCCCC(N)=O. The lowest BCUT2D eigenvalue weighted by atomic mass is 10.1. The van der Waals surface area contributed by atoms with Gasteiger partial charge in [0.15, 0.2) is 0 Å². The summed E-state index contributed by atoms with van der Waals surface area (Å²) in [5.74, 6) is 0.617. The van der Waals surface area contributed by atoms with E-state index in [0.717, 1.165) is 29.7 Å². The summed E-state index contributed by atoms with van der Waals surface area (Å²) in [6.45, 7) is 4.56. The summed E-state index contributed by atoms with van der Waals surface area (Å²) in [6, 6.07) is 6.01. The minimum Gasteiger partial charge on any atom is -0.493 e. The molecule has 0 heterocycles. The van der Waals surface area contributed by atoms with Gasteiger partial charge >= 0.3 is 0 Å². The summed E-state index contributed by atoms with van der Waals surface area (Å²) in [5, 5.41) is 0. The van der Waals surface area contributed by atoms with Crippen LogP contribution in [0, 0.1) is 6.92 Å². The fourth-order valence-electron chi connectivity index (χ4n) is 1.70. The maximum atomic E-state index is 10.6. The van der Waals surface area contributed by atoms with Gasteiger partial charge in [0.05, 0.1) is 6.61 Å². The van der Waals surface area contributed by atoms with Crippen LogP contribution in [0.15, 0.2) is 18.2 Å². The second-order valence-electron chi connectivity index (χ2n) is 4.59. The molecule has 18 heavy (non-hydrogen) atoms. The summed E-state index contributed by atoms with van der Waals surface area (Å²) in [5.41, 5.74) is 13.1. The van der Waals surface area contributed by atoms with Gasteiger partial charge in [0, 0.05) is 12.5 Å². The summed E-state index contributed by atoms with van der Waals surface area (Å²) in [6.07, 6.45) is 2.02. The van der Waals surface area contributed by atoms with Gasteiger partial charge in [0.1, 0.15) is 5.75 Å². The Balaban J connectivity index is 2.41. The van der Waals surface area contributed by atoms with E-state index in [4.69, 9.17) is 16.2 Å². The number of benzene rings is 1. The Kier molecular flexibility index (Phi) is 5.65. The molecule has 0 aromatic heterocycles. The Labute approximate surface area is 108 Å². The van der Waals surface area contributed by atoms with Gasteiger partial charge in [-0.2, -0.15) is 0 Å². The van der Waals surface area contributed by atoms with Gasteiger partial charge in [-0.1, -0.05) is 12.1 Å². The Morgan fingerprint density at radius 1 is 1.39 bits per heavy atom. The van der Waals surface area contributed by atoms with E-state index in [1.807, 2.05) is 32.0 Å². The smallest absolute Gasteiger partial charge is 0.217 e. The van der Waals surface area contributed by atoms with Gasteiger partial charge in [-0.05, 0) is 43.9 Å². The van der Waals surface area contributed by atoms with Crippen molar-refractivity contribution in [1.29, 1.82) is 0 Å². The quantitative estimate of drug-likeness (QED) is 0.727. The first kappa shape index (κ1) is 14.5. The van der Waals surface area contributed by atoms with Gasteiger partial charge in [0.2, 0.25) is 5.91 Å². The molecular formula is C14H22N2O2. The number of aryl methyl sites for hydroxylation is 1. The fraction of sp³-hybridized carbons (Fsp3) is 0.500. The lowest BCUT2D eigenvalue weighted by Gasteiger charge is -2.12. The highest BCUT2D eigenvalue weighted by Gasteiger charge is 2.04. The largest absolute Gasteiger partial charge is 0.493 e. The lowest BCUT2D eigenvalue weighted by Crippen LogP contribution is -2.10. The molecule has 0 aliphatic rings. The van der Waals surface area contributed by atoms with E-state index in [0.29, 0.717) is 13.0 Å². The number of ether oxygens (including phenoxy) is 1. The van der Waals surface area contributed by atoms with Crippen LogP contribution < -0.4 is 16.2 Å². The summed E-state index contributed by atoms with van der Waals surface area (Å²) in [7, 11) is 0. The molecule has 1 aromatic rings. The number of primary amides is 1. The third-order valence-corrected chi connectivity index (χ3v) is 2.80. The molecule has 1 amide bonds. The predicted octanol–water partition coefficient (Wildman–Crippen LogP) is 2.05. The zero-order valence-electron chi connectivity index (χ0n) is 11.1. The second kappa shape index (κ2) is 7.01. The zero-order chi connectivity index (χ0) is 13.5. The van der Waals surface area contributed by atoms with Crippen LogP contribution in [-0.4, -0.2) is 12.5 Å². The average Bonchev–Trinajstić information content (AvgIpc) is 2.29. The van der Waals surface area contributed by atoms with Crippen molar-refractivity contribution in [3.05, 3.63) is 29.3 Å². The van der Waals surface area contributed by atoms with E-state index in [1.165, 1.54) is 0 Å². The molecular weight excluding hydrogens is 228 g/mol. The first-order valence-corrected chi connectivity index (χ1v) is 6.28. The third kappa shape index (κ3) is 4.75. The maximum absolute atomic E-state index is 10.6. The molecule has 4 N–H and O–H groups in total. The Morgan fingerprint density at radius 3 is 2.67 bits per heavy atom. The molecule has 0 radical (unpaired) electrons. The first-order valence-electron chi connectivity index (χ1n) is 6.28. The van der Waals surface area contributed by atoms with E-state index in [9.17, 15) is 4.79 Å². The molecule has 4 nitrogen and oxygen atoms in total. The number of hydrogen-bond donors (Lipinski definition) is 2. The number of unbranched alkanes of at least 4 members (excludes halogenated alkanes) is 1. The standard InChI is InChI=1S/C14H22N2O2/c1-10-9-12(11(2)15)6-7-13(10)18-8-4-3-5-14(16)17/h6-7,9,11H,3-5,8,15H2,1-2H3,(H2,16,17)/t11-/m1/s1. The molecule has 1 aromatic carbocycles. The zero-order valence-corrected chi connectivity index (χ0v) is 11.1. The molecule has 0 aliphatic carbocycles. The fourth-order valence-corrected chi connectivity index (χ4v) is 1.70. The van der Waals surface area contributed by atoms with Crippen molar-refractivity contribution < 1.29 is 9.53 Å². The number of nitrogens with two attached hydrogens (primary N) is 2. The Bertz CT molecular complexity index is 403. The molecule has 0 saturated carbocycles. The Morgan fingerprint density at radius 2 is 2.11 bits per heavy atom. The van der Waals surface area contributed by atoms with Crippen LogP contribution in [0.1, 0.15) is 43.4 Å². The summed E-state index contributed by atoms with van der Waals surface area (Å²) >= 11 is 0. The molecule has 0 unspecified atom stereocenters. The van der Waals surface area contributed by atoms with Crippen molar-refractivity contribution in [2.45, 2.75) is 39.2 Å². The van der Waals surface area contributed by atoms with Gasteiger partial charge in [-0.25, -0.2) is 0 Å². The lowest BCUT2D eigenvalue weighted by molar-refractivity contribution is -0.118. The molecule has 4 heteroatoms. The average molecular weight is 250 g/mol. The second-order valence-corrected chi connectivity index (χ2v) is 4.59. The molecule has 100 valence electrons. The van der Waals surface area contributed by atoms with E-state index in [-0.39, 0.29) is 11.9 Å². The van der Waals surface area contributed by atoms with Gasteiger partial charge in [0.25, 0.3) is 0 Å². The molecule has 0 fully saturated rings. The third-order valence-electron chi connectivity index (χ3n) is 2.80. The summed E-state index contributed by atoms with van der Waals surface area (Å²) < 4.78 is 5.66. The van der Waals surface area contributed by atoms with E-state index < -0.39 is 0 Å². The monoisotopic (exact) mass is 250 g/mol. The first-order chi connectivity index (χ1) is 8.50. The highest BCUT2D eigenvalue weighted by atomic mass is 16.5. The normalized spacial score (nSPS) is 12.2. The van der Waals surface area contributed by atoms with Crippen LogP contribution >= 0.6 is 0 Å². The van der Waals surface area contributed by atoms with E-state index in [1.54, 1.807) is 0 Å². The van der Waals surface area contributed by atoms with Crippen molar-refractivity contribution in [2.75, 3.05) is 6.61 Å². The number of hydrogen-bond acceptors (Lipinski definition) is 3. The van der Waals surface area contributed by atoms with Gasteiger partial charge < -0.3 is 16.2 Å². The minimum atomic E-state index is -0.257. The van der Waals surface area contributed by atoms with Crippen molar-refractivity contribution in [3.63, 3.8) is 0 Å². The highest BCUT2D eigenvalue weighted by molar-refractivity contribution is 5.73. The molecule has 0 aliphatic heterocycles. The highest BCUT2D eigenvalue weighted by Crippen LogP contribution is 2.22. The van der Waals surface area contributed by atoms with E-state index >= 15 is 0 Å². The van der Waals surface area contributed by atoms with Crippen molar-refractivity contribution in [1.82, 2.24) is 0 Å². The number of rotatable bonds is 7. The number of carbonyl (C=O) groups excluding carboxylic acids is 1. The topological polar surface area (TPSA) is 78.3 Å².